The Hall–Kier alpha value is -3.14. The van der Waals surface area contributed by atoms with Crippen LogP contribution in [0.1, 0.15) is 87.1 Å². The third-order valence-corrected chi connectivity index (χ3v) is 11.6. The molecule has 0 amide bonds. The summed E-state index contributed by atoms with van der Waals surface area (Å²) in [7, 11) is -4.40. The Bertz CT molecular complexity index is 1700. The molecule has 0 saturated heterocycles. The van der Waals surface area contributed by atoms with Crippen molar-refractivity contribution in [2.75, 3.05) is 11.9 Å². The van der Waals surface area contributed by atoms with Crippen LogP contribution in [-0.4, -0.2) is 41.2 Å². The van der Waals surface area contributed by atoms with E-state index in [1.807, 2.05) is 24.4 Å². The van der Waals surface area contributed by atoms with Crippen LogP contribution >= 0.6 is 11.6 Å². The molecule has 0 radical (unpaired) electrons. The van der Waals surface area contributed by atoms with Gasteiger partial charge in [0, 0.05) is 28.2 Å². The maximum absolute atomic E-state index is 12.8. The first-order valence-electron chi connectivity index (χ1n) is 15.9. The maximum atomic E-state index is 12.8. The quantitative estimate of drug-likeness (QED) is 0.204. The van der Waals surface area contributed by atoms with Gasteiger partial charge in [-0.05, 0) is 128 Å². The molecule has 3 aliphatic rings. The van der Waals surface area contributed by atoms with E-state index in [9.17, 15) is 22.9 Å². The molecule has 3 N–H and O–H groups in total. The largest absolute Gasteiger partial charge is 0.493 e. The van der Waals surface area contributed by atoms with Crippen LogP contribution in [0.4, 0.5) is 5.69 Å². The number of aromatic nitrogens is 1. The molecule has 45 heavy (non-hydrogen) atoms. The molecule has 1 unspecified atom stereocenters. The van der Waals surface area contributed by atoms with E-state index in [4.69, 9.17) is 16.3 Å². The molecule has 1 fully saturated rings. The number of benzene rings is 2. The minimum absolute atomic E-state index is 0.124. The number of nitrogens with zero attached hydrogens (tertiary/aromatic N) is 1. The first-order valence-corrected chi connectivity index (χ1v) is 17.7. The van der Waals surface area contributed by atoms with Crippen molar-refractivity contribution < 1.29 is 27.6 Å². The van der Waals surface area contributed by atoms with Gasteiger partial charge < -0.3 is 15.2 Å². The summed E-state index contributed by atoms with van der Waals surface area (Å²) in [4.78, 5) is 17.3. The van der Waals surface area contributed by atoms with Gasteiger partial charge in [-0.1, -0.05) is 37.6 Å². The molecule has 10 heteroatoms. The Kier molecular flexibility index (Phi) is 8.65. The fourth-order valence-corrected chi connectivity index (χ4v) is 8.93. The number of carboxylic acid groups (broad SMARTS) is 1. The van der Waals surface area contributed by atoms with Gasteiger partial charge in [0.15, 0.2) is 0 Å². The molecule has 0 aliphatic heterocycles. The highest BCUT2D eigenvalue weighted by atomic mass is 35.5. The van der Waals surface area contributed by atoms with Crippen LogP contribution in [0.3, 0.4) is 0 Å². The van der Waals surface area contributed by atoms with Crippen molar-refractivity contribution in [3.05, 3.63) is 82.1 Å². The normalized spacial score (nSPS) is 26.6. The number of hydrogen-bond acceptors (Lipinski definition) is 6. The van der Waals surface area contributed by atoms with Crippen molar-refractivity contribution >= 4 is 33.4 Å². The van der Waals surface area contributed by atoms with Crippen molar-refractivity contribution in [3.63, 3.8) is 0 Å². The van der Waals surface area contributed by atoms with Crippen molar-refractivity contribution in [2.45, 2.75) is 93.4 Å². The van der Waals surface area contributed by atoms with E-state index in [1.165, 1.54) is 11.6 Å². The third kappa shape index (κ3) is 6.19. The molecular weight excluding hydrogens is 612 g/mol. The maximum Gasteiger partial charge on any atom is 0.329 e. The van der Waals surface area contributed by atoms with E-state index in [-0.39, 0.29) is 16.7 Å². The molecule has 6 rings (SSSR count). The molecule has 1 saturated carbocycles. The van der Waals surface area contributed by atoms with Gasteiger partial charge in [-0.25, -0.2) is 4.79 Å². The van der Waals surface area contributed by atoms with E-state index in [1.54, 1.807) is 24.3 Å². The molecular formula is C35H41ClN2O6S. The monoisotopic (exact) mass is 652 g/mol. The van der Waals surface area contributed by atoms with Crippen LogP contribution < -0.4 is 10.1 Å². The molecule has 2 aromatic carbocycles. The highest BCUT2D eigenvalue weighted by Gasteiger charge is 2.54. The minimum atomic E-state index is -4.40. The molecule has 3 aromatic rings. The lowest BCUT2D eigenvalue weighted by atomic mass is 9.59. The van der Waals surface area contributed by atoms with Crippen molar-refractivity contribution in [3.8, 4) is 5.75 Å². The lowest BCUT2D eigenvalue weighted by Gasteiger charge is -2.47. The number of aryl methyl sites for hydroxylation is 1. The first kappa shape index (κ1) is 31.8. The summed E-state index contributed by atoms with van der Waals surface area (Å²) < 4.78 is 40.7. The zero-order valence-electron chi connectivity index (χ0n) is 25.8. The second kappa shape index (κ2) is 12.2. The lowest BCUT2D eigenvalue weighted by Crippen LogP contribution is -2.53. The number of anilines is 1. The van der Waals surface area contributed by atoms with Crippen LogP contribution in [0.5, 0.6) is 5.75 Å². The predicted octanol–water partition coefficient (Wildman–Crippen LogP) is 7.45. The van der Waals surface area contributed by atoms with Crippen molar-refractivity contribution in [2.24, 2.45) is 11.8 Å². The van der Waals surface area contributed by atoms with Crippen molar-refractivity contribution in [1.82, 2.24) is 4.98 Å². The number of halogens is 1. The fourth-order valence-electron chi connectivity index (χ4n) is 8.24. The van der Waals surface area contributed by atoms with Gasteiger partial charge in [0.2, 0.25) is 0 Å². The Morgan fingerprint density at radius 2 is 1.93 bits per heavy atom. The summed E-state index contributed by atoms with van der Waals surface area (Å²) in [6.07, 6.45) is 8.50. The number of carbonyl (C=O) groups is 1. The summed E-state index contributed by atoms with van der Waals surface area (Å²) in [5.41, 5.74) is 3.37. The number of ether oxygens (including phenoxy) is 1. The number of hydrogen-bond donors (Lipinski definition) is 3. The summed E-state index contributed by atoms with van der Waals surface area (Å²) in [6.45, 7) is 4.96. The molecule has 3 aliphatic carbocycles. The molecule has 3 atom stereocenters. The third-order valence-electron chi connectivity index (χ3n) is 10.6. The molecule has 1 spiro atoms. The lowest BCUT2D eigenvalue weighted by molar-refractivity contribution is -0.144. The zero-order chi connectivity index (χ0) is 32.0. The zero-order valence-corrected chi connectivity index (χ0v) is 27.3. The summed E-state index contributed by atoms with van der Waals surface area (Å²) in [5.74, 6) is 0.758. The van der Waals surface area contributed by atoms with E-state index in [0.717, 1.165) is 54.7 Å². The van der Waals surface area contributed by atoms with Crippen LogP contribution in [-0.2, 0) is 33.2 Å². The minimum Gasteiger partial charge on any atom is -0.493 e. The van der Waals surface area contributed by atoms with Gasteiger partial charge in [0.25, 0.3) is 10.1 Å². The van der Waals surface area contributed by atoms with E-state index >= 15 is 0 Å². The van der Waals surface area contributed by atoms with Crippen molar-refractivity contribution in [1.29, 1.82) is 0 Å². The standard InChI is InChI=1S/C35H41ClN2O6S/c1-22(21-44-31-11-16-37-30-8-3-5-23(2)32(30)31)17-25-18-24-9-10-28(45(41,42)43)20-29(24)34(25)12-14-35(15-13-34,33(39)40)38-27-7-4-6-26(36)19-27/h4,6-7,9-11,16,19-20,22-23,25,38H,3,5,8,12-15,17-18,21H2,1-2H3,(H,39,40)(H,41,42,43)/t22-,23-,25?,34?,35?/m1/s1. The Morgan fingerprint density at radius 1 is 1.16 bits per heavy atom. The number of fused-ring (bicyclic) bond motifs is 3. The van der Waals surface area contributed by atoms with Gasteiger partial charge >= 0.3 is 5.97 Å². The number of rotatable bonds is 9. The average Bonchev–Trinajstić information content (AvgIpc) is 3.28. The Labute approximate surface area is 270 Å². The molecule has 1 aromatic heterocycles. The highest BCUT2D eigenvalue weighted by molar-refractivity contribution is 7.85. The molecule has 0 bridgehead atoms. The summed E-state index contributed by atoms with van der Waals surface area (Å²) in [6, 6.07) is 13.9. The Balaban J connectivity index is 1.26. The Morgan fingerprint density at radius 3 is 2.64 bits per heavy atom. The summed E-state index contributed by atoms with van der Waals surface area (Å²) >= 11 is 6.20. The summed E-state index contributed by atoms with van der Waals surface area (Å²) in [5, 5.41) is 14.3. The van der Waals surface area contributed by atoms with Crippen LogP contribution in [0.25, 0.3) is 0 Å². The van der Waals surface area contributed by atoms with Gasteiger partial charge in [-0.15, -0.1) is 0 Å². The van der Waals surface area contributed by atoms with Gasteiger partial charge in [0.05, 0.1) is 11.5 Å². The number of nitrogens with one attached hydrogen (secondary N) is 1. The van der Waals surface area contributed by atoms with E-state index in [0.29, 0.717) is 48.9 Å². The molecule has 1 heterocycles. The van der Waals surface area contributed by atoms with E-state index < -0.39 is 27.0 Å². The smallest absolute Gasteiger partial charge is 0.329 e. The number of aliphatic carboxylic acids is 1. The molecule has 8 nitrogen and oxygen atoms in total. The van der Waals surface area contributed by atoms with Crippen LogP contribution in [0.2, 0.25) is 5.02 Å². The number of carboxylic acids is 1. The predicted molar refractivity (Wildman–Crippen MR) is 174 cm³/mol. The fraction of sp³-hybridized carbons (Fsp3) is 0.486. The SMILES string of the molecule is C[C@@H](COc1ccnc2c1[C@H](C)CCC2)CC1Cc2ccc(S(=O)(=O)O)cc2C12CCC(Nc1cccc(Cl)c1)(C(=O)O)CC2. The molecule has 240 valence electrons. The number of pyridine rings is 1. The van der Waals surface area contributed by atoms with Gasteiger partial charge in [-0.2, -0.15) is 8.42 Å². The highest BCUT2D eigenvalue weighted by Crippen LogP contribution is 2.56. The van der Waals surface area contributed by atoms with Gasteiger partial charge in [-0.3, -0.25) is 9.54 Å². The second-order valence-corrected chi connectivity index (χ2v) is 15.3. The van der Waals surface area contributed by atoms with Crippen LogP contribution in [0.15, 0.2) is 59.6 Å². The second-order valence-electron chi connectivity index (χ2n) is 13.5. The first-order chi connectivity index (χ1) is 21.4. The van der Waals surface area contributed by atoms with Crippen LogP contribution in [0, 0.1) is 11.8 Å². The van der Waals surface area contributed by atoms with E-state index in [2.05, 4.69) is 24.1 Å². The van der Waals surface area contributed by atoms with Gasteiger partial charge in [0.1, 0.15) is 11.3 Å². The topological polar surface area (TPSA) is 126 Å². The average molecular weight is 653 g/mol.